The molecule has 5 nitrogen and oxygen atoms in total. The van der Waals surface area contributed by atoms with Crippen LogP contribution in [0, 0.1) is 5.92 Å². The van der Waals surface area contributed by atoms with Gasteiger partial charge < -0.3 is 0 Å². The Balaban J connectivity index is 2.89. The molecule has 0 bridgehead atoms. The number of halogens is 1. The number of aliphatic imine (C=N–C) groups is 1. The van der Waals surface area contributed by atoms with Crippen molar-refractivity contribution in [2.45, 2.75) is 20.3 Å². The Morgan fingerprint density at radius 3 is 2.93 bits per heavy atom. The molecule has 0 fully saturated rings. The van der Waals surface area contributed by atoms with Gasteiger partial charge in [-0.15, -0.1) is 10.2 Å². The second-order valence-corrected chi connectivity index (χ2v) is 3.86. The van der Waals surface area contributed by atoms with Crippen molar-refractivity contribution < 1.29 is 5.21 Å². The smallest absolute Gasteiger partial charge is 0.176 e. The molecule has 0 aliphatic carbocycles. The van der Waals surface area contributed by atoms with Crippen LogP contribution in [0.15, 0.2) is 11.1 Å². The first-order valence-electron chi connectivity index (χ1n) is 4.57. The fraction of sp³-hybridized carbons (Fsp3) is 0.444. The third-order valence-corrected chi connectivity index (χ3v) is 2.01. The molecule has 0 aliphatic rings. The van der Waals surface area contributed by atoms with E-state index in [1.54, 1.807) is 11.5 Å². The van der Waals surface area contributed by atoms with E-state index in [-0.39, 0.29) is 0 Å². The molecule has 0 saturated carbocycles. The molecule has 0 radical (unpaired) electrons. The van der Waals surface area contributed by atoms with Gasteiger partial charge in [0.1, 0.15) is 6.34 Å². The Labute approximate surface area is 93.2 Å². The van der Waals surface area contributed by atoms with Crippen molar-refractivity contribution in [3.05, 3.63) is 16.8 Å². The predicted molar refractivity (Wildman–Crippen MR) is 58.7 cm³/mol. The minimum Gasteiger partial charge on any atom is -0.290 e. The van der Waals surface area contributed by atoms with E-state index in [2.05, 4.69) is 29.0 Å². The van der Waals surface area contributed by atoms with Crippen LogP contribution in [0.1, 0.15) is 19.4 Å². The van der Waals surface area contributed by atoms with Crippen LogP contribution < -0.4 is 5.48 Å². The van der Waals surface area contributed by atoms with E-state index in [9.17, 15) is 0 Å². The molecular formula is C9H13ClN4O. The molecule has 1 heterocycles. The quantitative estimate of drug-likeness (QED) is 0.470. The molecule has 0 amide bonds. The fourth-order valence-electron chi connectivity index (χ4n) is 1.14. The monoisotopic (exact) mass is 228 g/mol. The lowest BCUT2D eigenvalue weighted by molar-refractivity contribution is 0.240. The van der Waals surface area contributed by atoms with Crippen LogP contribution in [0.25, 0.3) is 0 Å². The van der Waals surface area contributed by atoms with E-state index >= 15 is 0 Å². The van der Waals surface area contributed by atoms with Crippen LogP contribution >= 0.6 is 11.6 Å². The Bertz CT molecular complexity index is 354. The Kier molecular flexibility index (Phi) is 4.45. The minimum atomic E-state index is 0.402. The number of hydrogen-bond donors (Lipinski definition) is 2. The van der Waals surface area contributed by atoms with Gasteiger partial charge in [0.15, 0.2) is 11.0 Å². The standard InChI is InChI=1S/C9H13ClN4O/c1-6(2)3-7-4-8(11-5-12-15)13-14-9(7)10/h4-6,15H,3H2,1-2H3,(H,11,12,13). The van der Waals surface area contributed by atoms with Gasteiger partial charge in [0, 0.05) is 0 Å². The molecule has 0 unspecified atom stereocenters. The van der Waals surface area contributed by atoms with Gasteiger partial charge in [-0.05, 0) is 24.0 Å². The lowest BCUT2D eigenvalue weighted by Gasteiger charge is -2.05. The third kappa shape index (κ3) is 3.81. The molecule has 0 atom stereocenters. The van der Waals surface area contributed by atoms with E-state index in [0.717, 1.165) is 18.3 Å². The summed E-state index contributed by atoms with van der Waals surface area (Å²) in [4.78, 5) is 3.82. The maximum absolute atomic E-state index is 8.32. The Morgan fingerprint density at radius 2 is 2.33 bits per heavy atom. The maximum Gasteiger partial charge on any atom is 0.176 e. The summed E-state index contributed by atoms with van der Waals surface area (Å²) in [6.45, 7) is 4.18. The van der Waals surface area contributed by atoms with E-state index in [0.29, 0.717) is 16.9 Å². The summed E-state index contributed by atoms with van der Waals surface area (Å²) < 4.78 is 0. The number of hydrogen-bond acceptors (Lipinski definition) is 4. The highest BCUT2D eigenvalue weighted by Gasteiger charge is 2.06. The van der Waals surface area contributed by atoms with Gasteiger partial charge in [0.05, 0.1) is 0 Å². The normalized spacial score (nSPS) is 11.3. The summed E-state index contributed by atoms with van der Waals surface area (Å²) in [5.41, 5.74) is 2.71. The van der Waals surface area contributed by atoms with Gasteiger partial charge >= 0.3 is 0 Å². The second-order valence-electron chi connectivity index (χ2n) is 3.50. The van der Waals surface area contributed by atoms with Gasteiger partial charge in [-0.3, -0.25) is 10.7 Å². The van der Waals surface area contributed by atoms with Crippen molar-refractivity contribution in [2.75, 3.05) is 0 Å². The van der Waals surface area contributed by atoms with Crippen LogP contribution in [0.5, 0.6) is 0 Å². The van der Waals surface area contributed by atoms with Gasteiger partial charge in [-0.25, -0.2) is 4.99 Å². The molecule has 6 heteroatoms. The lowest BCUT2D eigenvalue weighted by atomic mass is 10.1. The van der Waals surface area contributed by atoms with Crippen molar-refractivity contribution in [2.24, 2.45) is 10.9 Å². The minimum absolute atomic E-state index is 0.402. The number of nitrogens with one attached hydrogen (secondary N) is 1. The van der Waals surface area contributed by atoms with Crippen LogP contribution in [0.4, 0.5) is 5.82 Å². The summed E-state index contributed by atoms with van der Waals surface area (Å²) in [7, 11) is 0. The van der Waals surface area contributed by atoms with Crippen LogP contribution in [-0.4, -0.2) is 21.7 Å². The van der Waals surface area contributed by atoms with Crippen molar-refractivity contribution in [3.63, 3.8) is 0 Å². The van der Waals surface area contributed by atoms with Gasteiger partial charge in [-0.2, -0.15) is 0 Å². The summed E-state index contributed by atoms with van der Waals surface area (Å²) in [5.74, 6) is 0.899. The zero-order valence-electron chi connectivity index (χ0n) is 8.61. The SMILES string of the molecule is CC(C)Cc1cc(N=CNO)nnc1Cl. The Hall–Kier alpha value is -1.20. The number of aromatic nitrogens is 2. The first kappa shape index (κ1) is 11.9. The lowest BCUT2D eigenvalue weighted by Crippen LogP contribution is -2.02. The number of rotatable bonds is 4. The molecule has 0 aliphatic heterocycles. The number of hydroxylamine groups is 1. The topological polar surface area (TPSA) is 70.4 Å². The zero-order chi connectivity index (χ0) is 11.3. The first-order chi connectivity index (χ1) is 7.13. The highest BCUT2D eigenvalue weighted by atomic mass is 35.5. The molecule has 15 heavy (non-hydrogen) atoms. The molecule has 1 aromatic rings. The average molecular weight is 229 g/mol. The van der Waals surface area contributed by atoms with Gasteiger partial charge in [0.2, 0.25) is 0 Å². The van der Waals surface area contributed by atoms with Gasteiger partial charge in [0.25, 0.3) is 0 Å². The van der Waals surface area contributed by atoms with E-state index in [1.807, 2.05) is 0 Å². The molecule has 82 valence electrons. The maximum atomic E-state index is 8.32. The van der Waals surface area contributed by atoms with Crippen LogP contribution in [0.3, 0.4) is 0 Å². The van der Waals surface area contributed by atoms with Crippen LogP contribution in [-0.2, 0) is 6.42 Å². The summed E-state index contributed by atoms with van der Waals surface area (Å²) in [5, 5.41) is 16.3. The third-order valence-electron chi connectivity index (χ3n) is 1.69. The highest BCUT2D eigenvalue weighted by molar-refractivity contribution is 6.30. The summed E-state index contributed by atoms with van der Waals surface area (Å²) >= 11 is 5.88. The molecule has 0 spiro atoms. The molecule has 1 rings (SSSR count). The molecule has 2 N–H and O–H groups in total. The van der Waals surface area contributed by atoms with Gasteiger partial charge in [-0.1, -0.05) is 25.4 Å². The largest absolute Gasteiger partial charge is 0.290 e. The fourth-order valence-corrected chi connectivity index (χ4v) is 1.31. The first-order valence-corrected chi connectivity index (χ1v) is 4.95. The van der Waals surface area contributed by atoms with Crippen molar-refractivity contribution in [3.8, 4) is 0 Å². The second kappa shape index (κ2) is 5.63. The average Bonchev–Trinajstić information content (AvgIpc) is 2.18. The molecule has 1 aromatic heterocycles. The van der Waals surface area contributed by atoms with E-state index in [4.69, 9.17) is 16.8 Å². The summed E-state index contributed by atoms with van der Waals surface area (Å²) in [6.07, 6.45) is 1.94. The zero-order valence-corrected chi connectivity index (χ0v) is 9.36. The van der Waals surface area contributed by atoms with E-state index in [1.165, 1.54) is 0 Å². The van der Waals surface area contributed by atoms with Crippen molar-refractivity contribution >= 4 is 23.8 Å². The predicted octanol–water partition coefficient (Wildman–Crippen LogP) is 1.97. The Morgan fingerprint density at radius 1 is 1.60 bits per heavy atom. The van der Waals surface area contributed by atoms with E-state index < -0.39 is 0 Å². The highest BCUT2D eigenvalue weighted by Crippen LogP contribution is 2.19. The summed E-state index contributed by atoms with van der Waals surface area (Å²) in [6, 6.07) is 1.75. The molecular weight excluding hydrogens is 216 g/mol. The van der Waals surface area contributed by atoms with Crippen molar-refractivity contribution in [1.82, 2.24) is 15.7 Å². The van der Waals surface area contributed by atoms with Crippen molar-refractivity contribution in [1.29, 1.82) is 0 Å². The molecule has 0 saturated heterocycles. The molecule has 0 aromatic carbocycles. The van der Waals surface area contributed by atoms with Crippen LogP contribution in [0.2, 0.25) is 5.15 Å². The number of nitrogens with zero attached hydrogens (tertiary/aromatic N) is 3.